The molecule has 7 nitrogen and oxygen atoms in total. The number of hydrogen-bond donors (Lipinski definition) is 0. The van der Waals surface area contributed by atoms with Crippen LogP contribution in [0.1, 0.15) is 44.1 Å². The Hall–Kier alpha value is -3.32. The molecule has 28 heavy (non-hydrogen) atoms. The van der Waals surface area contributed by atoms with Crippen molar-refractivity contribution in [3.05, 3.63) is 88.7 Å². The van der Waals surface area contributed by atoms with Crippen LogP contribution in [0.5, 0.6) is 0 Å². The van der Waals surface area contributed by atoms with Crippen LogP contribution in [-0.2, 0) is 0 Å². The Labute approximate surface area is 165 Å². The van der Waals surface area contributed by atoms with Crippen LogP contribution in [0.2, 0.25) is 5.02 Å². The number of aromatic nitrogens is 3. The van der Waals surface area contributed by atoms with Gasteiger partial charge in [0, 0.05) is 47.5 Å². The second-order valence-corrected chi connectivity index (χ2v) is 7.14. The fourth-order valence-corrected chi connectivity index (χ4v) is 4.06. The minimum Gasteiger partial charge on any atom is -0.311 e. The van der Waals surface area contributed by atoms with Gasteiger partial charge in [-0.2, -0.15) is 0 Å². The molecule has 1 saturated heterocycles. The lowest BCUT2D eigenvalue weighted by Gasteiger charge is -2.25. The number of nitrogens with zero attached hydrogens (tertiary/aromatic N) is 5. The number of amides is 2. The van der Waals surface area contributed by atoms with Gasteiger partial charge in [-0.3, -0.25) is 14.6 Å². The lowest BCUT2D eigenvalue weighted by molar-refractivity contribution is 0.0568. The topological polar surface area (TPSA) is 79.3 Å². The molecule has 2 aliphatic heterocycles. The average molecular weight is 392 g/mol. The van der Waals surface area contributed by atoms with E-state index in [2.05, 4.69) is 15.0 Å². The summed E-state index contributed by atoms with van der Waals surface area (Å²) in [5, 5.41) is 0.618. The zero-order chi connectivity index (χ0) is 19.3. The van der Waals surface area contributed by atoms with Gasteiger partial charge in [0.15, 0.2) is 0 Å². The van der Waals surface area contributed by atoms with Crippen molar-refractivity contribution in [3.63, 3.8) is 0 Å². The van der Waals surface area contributed by atoms with E-state index in [1.54, 1.807) is 40.4 Å². The largest absolute Gasteiger partial charge is 0.311 e. The fraction of sp³-hybridized carbons (Fsp3) is 0.150. The van der Waals surface area contributed by atoms with Gasteiger partial charge in [-0.05, 0) is 23.8 Å². The summed E-state index contributed by atoms with van der Waals surface area (Å²) in [7, 11) is 0. The van der Waals surface area contributed by atoms with E-state index in [-0.39, 0.29) is 17.9 Å². The van der Waals surface area contributed by atoms with Crippen LogP contribution < -0.4 is 0 Å². The fourth-order valence-electron chi connectivity index (χ4n) is 3.93. The van der Waals surface area contributed by atoms with Crippen LogP contribution in [0, 0.1) is 0 Å². The maximum Gasteiger partial charge on any atom is 0.258 e. The highest BCUT2D eigenvalue weighted by Crippen LogP contribution is 2.47. The smallest absolute Gasteiger partial charge is 0.258 e. The molecule has 3 aromatic rings. The highest BCUT2D eigenvalue weighted by Gasteiger charge is 2.51. The van der Waals surface area contributed by atoms with Gasteiger partial charge < -0.3 is 9.80 Å². The summed E-state index contributed by atoms with van der Waals surface area (Å²) in [4.78, 5) is 41.8. The van der Waals surface area contributed by atoms with Crippen LogP contribution in [0.25, 0.3) is 0 Å². The first-order valence-electron chi connectivity index (χ1n) is 8.73. The Morgan fingerprint density at radius 1 is 1.04 bits per heavy atom. The lowest BCUT2D eigenvalue weighted by Crippen LogP contribution is -2.33. The quantitative estimate of drug-likeness (QED) is 0.671. The van der Waals surface area contributed by atoms with Crippen molar-refractivity contribution in [1.82, 2.24) is 24.8 Å². The number of fused-ring (bicyclic) bond motifs is 3. The Balaban J connectivity index is 1.61. The van der Waals surface area contributed by atoms with E-state index in [9.17, 15) is 9.59 Å². The predicted molar refractivity (Wildman–Crippen MR) is 100 cm³/mol. The van der Waals surface area contributed by atoms with Gasteiger partial charge >= 0.3 is 0 Å². The molecule has 0 bridgehead atoms. The maximum absolute atomic E-state index is 13.2. The Bertz CT molecular complexity index is 1070. The average Bonchev–Trinajstić information content (AvgIpc) is 3.26. The van der Waals surface area contributed by atoms with E-state index in [1.807, 2.05) is 12.1 Å². The molecular formula is C20H14ClN5O2. The molecule has 138 valence electrons. The third kappa shape index (κ3) is 2.47. The monoisotopic (exact) mass is 391 g/mol. The van der Waals surface area contributed by atoms with Crippen molar-refractivity contribution in [2.75, 3.05) is 6.54 Å². The minimum absolute atomic E-state index is 0.109. The van der Waals surface area contributed by atoms with Crippen molar-refractivity contribution < 1.29 is 9.59 Å². The SMILES string of the molecule is O=C(c1cncnc1)N1CC(c2ccc(Cl)cc2)N2C(=O)c3ccncc3C12. The van der Waals surface area contributed by atoms with Crippen molar-refractivity contribution in [2.24, 2.45) is 0 Å². The van der Waals surface area contributed by atoms with Gasteiger partial charge in [0.25, 0.3) is 11.8 Å². The summed E-state index contributed by atoms with van der Waals surface area (Å²) in [5.41, 5.74) is 2.60. The van der Waals surface area contributed by atoms with Crippen molar-refractivity contribution >= 4 is 23.4 Å². The number of hydrogen-bond acceptors (Lipinski definition) is 5. The number of carbonyl (C=O) groups is 2. The first-order chi connectivity index (χ1) is 13.6. The summed E-state index contributed by atoms with van der Waals surface area (Å²) in [5.74, 6) is -0.335. The third-order valence-electron chi connectivity index (χ3n) is 5.18. The molecule has 1 aromatic carbocycles. The van der Waals surface area contributed by atoms with Gasteiger partial charge in [0.2, 0.25) is 0 Å². The zero-order valence-electron chi connectivity index (χ0n) is 14.6. The molecule has 2 aromatic heterocycles. The molecule has 2 unspecified atom stereocenters. The van der Waals surface area contributed by atoms with Crippen LogP contribution in [-0.4, -0.2) is 43.1 Å². The summed E-state index contributed by atoms with van der Waals surface area (Å²) >= 11 is 6.02. The number of halogens is 1. The predicted octanol–water partition coefficient (Wildman–Crippen LogP) is 2.88. The lowest BCUT2D eigenvalue weighted by atomic mass is 10.1. The molecule has 2 aliphatic rings. The molecule has 2 atom stereocenters. The van der Waals surface area contributed by atoms with Crippen molar-refractivity contribution in [2.45, 2.75) is 12.2 Å². The Morgan fingerprint density at radius 3 is 2.54 bits per heavy atom. The standard InChI is InChI=1S/C20H14ClN5O2/c21-14-3-1-12(2-4-14)17-10-25(19(27)13-7-23-11-24-8-13)18-16-9-22-6-5-15(16)20(28)26(17)18/h1-9,11,17-18H,10H2. The molecule has 5 rings (SSSR count). The second kappa shape index (κ2) is 6.38. The normalized spacial score (nSPS) is 20.2. The summed E-state index contributed by atoms with van der Waals surface area (Å²) in [6, 6.07) is 8.77. The molecule has 0 radical (unpaired) electrons. The number of carbonyl (C=O) groups excluding carboxylic acids is 2. The molecule has 0 aliphatic carbocycles. The first-order valence-corrected chi connectivity index (χ1v) is 9.11. The molecule has 4 heterocycles. The highest BCUT2D eigenvalue weighted by atomic mass is 35.5. The van der Waals surface area contributed by atoms with Crippen LogP contribution in [0.4, 0.5) is 0 Å². The molecule has 8 heteroatoms. The molecule has 0 saturated carbocycles. The van der Waals surface area contributed by atoms with Crippen LogP contribution in [0.15, 0.2) is 61.4 Å². The molecule has 0 N–H and O–H groups in total. The molecular weight excluding hydrogens is 378 g/mol. The van der Waals surface area contributed by atoms with E-state index in [4.69, 9.17) is 11.6 Å². The van der Waals surface area contributed by atoms with E-state index >= 15 is 0 Å². The van der Waals surface area contributed by atoms with Crippen LogP contribution >= 0.6 is 11.6 Å². The van der Waals surface area contributed by atoms with Crippen molar-refractivity contribution in [1.29, 1.82) is 0 Å². The van der Waals surface area contributed by atoms with Gasteiger partial charge in [-0.15, -0.1) is 0 Å². The van der Waals surface area contributed by atoms with Crippen LogP contribution in [0.3, 0.4) is 0 Å². The maximum atomic E-state index is 13.2. The Kier molecular flexibility index (Phi) is 3.84. The zero-order valence-corrected chi connectivity index (χ0v) is 15.3. The van der Waals surface area contributed by atoms with Gasteiger partial charge in [0.05, 0.1) is 11.6 Å². The number of benzene rings is 1. The third-order valence-corrected chi connectivity index (χ3v) is 5.43. The summed E-state index contributed by atoms with van der Waals surface area (Å²) in [6.07, 6.45) is 7.08. The van der Waals surface area contributed by atoms with E-state index in [1.165, 1.54) is 18.7 Å². The van der Waals surface area contributed by atoms with Gasteiger partial charge in [-0.1, -0.05) is 23.7 Å². The number of pyridine rings is 1. The molecule has 2 amide bonds. The summed E-state index contributed by atoms with van der Waals surface area (Å²) in [6.45, 7) is 0.361. The second-order valence-electron chi connectivity index (χ2n) is 6.70. The Morgan fingerprint density at radius 2 is 1.79 bits per heavy atom. The van der Waals surface area contributed by atoms with E-state index in [0.717, 1.165) is 11.1 Å². The van der Waals surface area contributed by atoms with Crippen molar-refractivity contribution in [3.8, 4) is 0 Å². The highest BCUT2D eigenvalue weighted by molar-refractivity contribution is 6.30. The summed E-state index contributed by atoms with van der Waals surface area (Å²) < 4.78 is 0. The van der Waals surface area contributed by atoms with Gasteiger partial charge in [-0.25, -0.2) is 9.97 Å². The first kappa shape index (κ1) is 16.8. The number of rotatable bonds is 2. The van der Waals surface area contributed by atoms with E-state index < -0.39 is 6.17 Å². The minimum atomic E-state index is -0.510. The molecule has 0 spiro atoms. The van der Waals surface area contributed by atoms with Gasteiger partial charge in [0.1, 0.15) is 12.5 Å². The molecule has 1 fully saturated rings. The van der Waals surface area contributed by atoms with E-state index in [0.29, 0.717) is 22.7 Å².